The zero-order valence-corrected chi connectivity index (χ0v) is 14.8. The van der Waals surface area contributed by atoms with Gasteiger partial charge < -0.3 is 4.57 Å². The van der Waals surface area contributed by atoms with Crippen molar-refractivity contribution in [2.75, 3.05) is 5.75 Å². The molecular formula is C16H20ClN3OS. The lowest BCUT2D eigenvalue weighted by molar-refractivity contribution is -0.123. The molecule has 0 spiro atoms. The average molecular weight is 338 g/mol. The Balaban J connectivity index is 2.21. The standard InChI is InChI=1S/C16H20ClN3OS/c1-5-20-14(11-6-8-12(17)9-7-11)18-19-15(20)22-10-13(21)16(2,3)4/h6-9H,5,10H2,1-4H3. The van der Waals surface area contributed by atoms with Crippen molar-refractivity contribution in [1.29, 1.82) is 0 Å². The first kappa shape index (κ1) is 17.0. The minimum Gasteiger partial charge on any atom is -0.302 e. The zero-order valence-electron chi connectivity index (χ0n) is 13.3. The molecule has 0 aliphatic carbocycles. The third kappa shape index (κ3) is 3.90. The summed E-state index contributed by atoms with van der Waals surface area (Å²) >= 11 is 7.36. The van der Waals surface area contributed by atoms with Crippen molar-refractivity contribution < 1.29 is 4.79 Å². The maximum absolute atomic E-state index is 12.1. The largest absolute Gasteiger partial charge is 0.302 e. The second-order valence-electron chi connectivity index (χ2n) is 6.02. The van der Waals surface area contributed by atoms with Crippen molar-refractivity contribution >= 4 is 29.1 Å². The highest BCUT2D eigenvalue weighted by Crippen LogP contribution is 2.26. The van der Waals surface area contributed by atoms with Gasteiger partial charge in [-0.1, -0.05) is 44.1 Å². The molecule has 0 aliphatic rings. The molecule has 0 radical (unpaired) electrons. The van der Waals surface area contributed by atoms with Crippen molar-refractivity contribution in [3.63, 3.8) is 0 Å². The average Bonchev–Trinajstić information content (AvgIpc) is 2.87. The molecule has 0 amide bonds. The molecule has 0 aliphatic heterocycles. The number of carbonyl (C=O) groups excluding carboxylic acids is 1. The monoisotopic (exact) mass is 337 g/mol. The summed E-state index contributed by atoms with van der Waals surface area (Å²) in [4.78, 5) is 12.1. The van der Waals surface area contributed by atoms with Gasteiger partial charge >= 0.3 is 0 Å². The third-order valence-electron chi connectivity index (χ3n) is 3.30. The number of Topliss-reactive ketones (excluding diaryl/α,β-unsaturated/α-hetero) is 1. The van der Waals surface area contributed by atoms with Gasteiger partial charge in [-0.05, 0) is 31.2 Å². The number of carbonyl (C=O) groups is 1. The predicted molar refractivity (Wildman–Crippen MR) is 91.3 cm³/mol. The molecule has 6 heteroatoms. The summed E-state index contributed by atoms with van der Waals surface area (Å²) < 4.78 is 2.02. The Morgan fingerprint density at radius 1 is 1.23 bits per heavy atom. The first-order valence-electron chi connectivity index (χ1n) is 7.18. The van der Waals surface area contributed by atoms with Crippen LogP contribution in [-0.4, -0.2) is 26.3 Å². The highest BCUT2D eigenvalue weighted by Gasteiger charge is 2.22. The van der Waals surface area contributed by atoms with E-state index in [0.717, 1.165) is 23.1 Å². The molecule has 1 aromatic carbocycles. The highest BCUT2D eigenvalue weighted by molar-refractivity contribution is 7.99. The van der Waals surface area contributed by atoms with E-state index in [9.17, 15) is 4.79 Å². The number of hydrogen-bond donors (Lipinski definition) is 0. The van der Waals surface area contributed by atoms with Crippen LogP contribution in [-0.2, 0) is 11.3 Å². The molecule has 0 bridgehead atoms. The van der Waals surface area contributed by atoms with Gasteiger partial charge in [0.25, 0.3) is 0 Å². The molecule has 2 aromatic rings. The smallest absolute Gasteiger partial charge is 0.191 e. The maximum Gasteiger partial charge on any atom is 0.191 e. The van der Waals surface area contributed by atoms with Crippen LogP contribution >= 0.6 is 23.4 Å². The molecular weight excluding hydrogens is 318 g/mol. The fourth-order valence-electron chi connectivity index (χ4n) is 1.84. The summed E-state index contributed by atoms with van der Waals surface area (Å²) in [5.74, 6) is 1.41. The summed E-state index contributed by atoms with van der Waals surface area (Å²) in [6.07, 6.45) is 0. The van der Waals surface area contributed by atoms with E-state index in [2.05, 4.69) is 10.2 Å². The van der Waals surface area contributed by atoms with E-state index in [1.807, 2.05) is 56.5 Å². The van der Waals surface area contributed by atoms with Crippen LogP contribution in [0.4, 0.5) is 0 Å². The van der Waals surface area contributed by atoms with Crippen LogP contribution in [0.15, 0.2) is 29.4 Å². The lowest BCUT2D eigenvalue weighted by Crippen LogP contribution is -2.22. The van der Waals surface area contributed by atoms with Crippen molar-refractivity contribution in [3.05, 3.63) is 29.3 Å². The summed E-state index contributed by atoms with van der Waals surface area (Å²) in [7, 11) is 0. The molecule has 0 saturated carbocycles. The molecule has 1 heterocycles. The highest BCUT2D eigenvalue weighted by atomic mass is 35.5. The van der Waals surface area contributed by atoms with Crippen LogP contribution in [0.3, 0.4) is 0 Å². The maximum atomic E-state index is 12.1. The Hall–Kier alpha value is -1.33. The first-order chi connectivity index (χ1) is 10.3. The number of hydrogen-bond acceptors (Lipinski definition) is 4. The summed E-state index contributed by atoms with van der Waals surface area (Å²) in [6.45, 7) is 8.58. The number of nitrogens with zero attached hydrogens (tertiary/aromatic N) is 3. The molecule has 0 fully saturated rings. The van der Waals surface area contributed by atoms with Gasteiger partial charge in [0.15, 0.2) is 11.0 Å². The van der Waals surface area contributed by atoms with Gasteiger partial charge in [0.2, 0.25) is 0 Å². The number of benzene rings is 1. The quantitative estimate of drug-likeness (QED) is 0.762. The normalized spacial score (nSPS) is 11.7. The number of thioether (sulfide) groups is 1. The minimum atomic E-state index is -0.330. The summed E-state index contributed by atoms with van der Waals surface area (Å²) in [5.41, 5.74) is 0.635. The second kappa shape index (κ2) is 6.84. The molecule has 0 saturated heterocycles. The van der Waals surface area contributed by atoms with Crippen LogP contribution in [0.5, 0.6) is 0 Å². The fraction of sp³-hybridized carbons (Fsp3) is 0.438. The molecule has 0 unspecified atom stereocenters. The van der Waals surface area contributed by atoms with Crippen molar-refractivity contribution in [1.82, 2.24) is 14.8 Å². The number of ketones is 1. The summed E-state index contributed by atoms with van der Waals surface area (Å²) in [5, 5.41) is 9.96. The van der Waals surface area contributed by atoms with E-state index in [0.29, 0.717) is 10.8 Å². The number of rotatable bonds is 5. The number of aromatic nitrogens is 3. The third-order valence-corrected chi connectivity index (χ3v) is 4.52. The van der Waals surface area contributed by atoms with Gasteiger partial charge in [-0.15, -0.1) is 10.2 Å². The van der Waals surface area contributed by atoms with E-state index < -0.39 is 0 Å². The Morgan fingerprint density at radius 3 is 2.41 bits per heavy atom. The Labute approximate surface area is 140 Å². The van der Waals surface area contributed by atoms with Crippen LogP contribution in [0.25, 0.3) is 11.4 Å². The van der Waals surface area contributed by atoms with Crippen molar-refractivity contribution in [2.45, 2.75) is 39.4 Å². The summed E-state index contributed by atoms with van der Waals surface area (Å²) in [6, 6.07) is 7.52. The topological polar surface area (TPSA) is 47.8 Å². The van der Waals surface area contributed by atoms with Gasteiger partial charge in [-0.25, -0.2) is 0 Å². The molecule has 4 nitrogen and oxygen atoms in total. The lowest BCUT2D eigenvalue weighted by atomic mass is 9.92. The van der Waals surface area contributed by atoms with E-state index in [4.69, 9.17) is 11.6 Å². The minimum absolute atomic E-state index is 0.205. The van der Waals surface area contributed by atoms with E-state index >= 15 is 0 Å². The van der Waals surface area contributed by atoms with Crippen LogP contribution in [0, 0.1) is 5.41 Å². The molecule has 1 aromatic heterocycles. The zero-order chi connectivity index (χ0) is 16.3. The van der Waals surface area contributed by atoms with Gasteiger partial charge in [0, 0.05) is 22.5 Å². The molecule has 118 valence electrons. The van der Waals surface area contributed by atoms with Crippen LogP contribution in [0.1, 0.15) is 27.7 Å². The van der Waals surface area contributed by atoms with Gasteiger partial charge in [-0.3, -0.25) is 4.79 Å². The van der Waals surface area contributed by atoms with Gasteiger partial charge in [0.05, 0.1) is 5.75 Å². The molecule has 22 heavy (non-hydrogen) atoms. The Kier molecular flexibility index (Phi) is 5.29. The van der Waals surface area contributed by atoms with Gasteiger partial charge in [-0.2, -0.15) is 0 Å². The Bertz CT molecular complexity index is 659. The second-order valence-corrected chi connectivity index (χ2v) is 7.40. The van der Waals surface area contributed by atoms with E-state index in [1.54, 1.807) is 0 Å². The van der Waals surface area contributed by atoms with Gasteiger partial charge in [0.1, 0.15) is 5.78 Å². The van der Waals surface area contributed by atoms with Crippen LogP contribution in [0.2, 0.25) is 5.02 Å². The van der Waals surface area contributed by atoms with E-state index in [-0.39, 0.29) is 11.2 Å². The fourth-order valence-corrected chi connectivity index (χ4v) is 3.13. The number of halogens is 1. The Morgan fingerprint density at radius 2 is 1.86 bits per heavy atom. The molecule has 0 atom stereocenters. The van der Waals surface area contributed by atoms with E-state index in [1.165, 1.54) is 11.8 Å². The van der Waals surface area contributed by atoms with Crippen LogP contribution < -0.4 is 0 Å². The lowest BCUT2D eigenvalue weighted by Gasteiger charge is -2.15. The molecule has 0 N–H and O–H groups in total. The van der Waals surface area contributed by atoms with Crippen molar-refractivity contribution in [2.24, 2.45) is 5.41 Å². The predicted octanol–water partition coefficient (Wildman–Crippen LogP) is 4.33. The van der Waals surface area contributed by atoms with Crippen molar-refractivity contribution in [3.8, 4) is 11.4 Å². The first-order valence-corrected chi connectivity index (χ1v) is 8.54. The molecule has 2 rings (SSSR count). The SMILES string of the molecule is CCn1c(SCC(=O)C(C)(C)C)nnc1-c1ccc(Cl)cc1.